The van der Waals surface area contributed by atoms with E-state index < -0.39 is 12.1 Å². The fraction of sp³-hybridized carbons (Fsp3) is 0.316. The molecule has 2 aromatic rings. The maximum atomic E-state index is 10.6. The van der Waals surface area contributed by atoms with Crippen molar-refractivity contribution in [3.63, 3.8) is 0 Å². The van der Waals surface area contributed by atoms with Gasteiger partial charge in [-0.05, 0) is 42.5 Å². The van der Waals surface area contributed by atoms with Crippen LogP contribution in [0.5, 0.6) is 5.75 Å². The highest BCUT2D eigenvalue weighted by molar-refractivity contribution is 5.70. The summed E-state index contributed by atoms with van der Waals surface area (Å²) in [5, 5.41) is 18.8. The van der Waals surface area contributed by atoms with Gasteiger partial charge in [0.1, 0.15) is 5.75 Å². The van der Waals surface area contributed by atoms with Crippen molar-refractivity contribution >= 4 is 5.97 Å². The first-order valence-electron chi connectivity index (χ1n) is 7.81. The molecule has 2 N–H and O–H groups in total. The zero-order chi connectivity index (χ0) is 16.5. The Labute approximate surface area is 136 Å². The number of hydrogen-bond acceptors (Lipinski definition) is 3. The van der Waals surface area contributed by atoms with Crippen LogP contribution in [-0.2, 0) is 11.2 Å². The predicted octanol–water partition coefficient (Wildman–Crippen LogP) is 3.60. The van der Waals surface area contributed by atoms with Crippen LogP contribution in [0.15, 0.2) is 54.6 Å². The van der Waals surface area contributed by atoms with Crippen LogP contribution in [0.2, 0.25) is 0 Å². The molecule has 0 aromatic heterocycles. The van der Waals surface area contributed by atoms with E-state index in [9.17, 15) is 9.90 Å². The number of carboxylic acids is 1. The van der Waals surface area contributed by atoms with Gasteiger partial charge in [0.2, 0.25) is 0 Å². The summed E-state index contributed by atoms with van der Waals surface area (Å²) in [6, 6.07) is 16.8. The standard InChI is InChI=1S/C19H22O4/c20-18(16-6-2-1-3-7-16)8-4-5-13-23-17-11-9-15(10-12-17)14-19(21)22/h1-3,6-7,9-12,18,20H,4-5,8,13-14H2,(H,21,22)/t18-/m0/s1. The highest BCUT2D eigenvalue weighted by Crippen LogP contribution is 2.19. The number of ether oxygens (including phenoxy) is 1. The molecule has 4 nitrogen and oxygen atoms in total. The van der Waals surface area contributed by atoms with E-state index in [-0.39, 0.29) is 6.42 Å². The van der Waals surface area contributed by atoms with Crippen LogP contribution < -0.4 is 4.74 Å². The van der Waals surface area contributed by atoms with Crippen molar-refractivity contribution in [2.45, 2.75) is 31.8 Å². The van der Waals surface area contributed by atoms with Gasteiger partial charge < -0.3 is 14.9 Å². The lowest BCUT2D eigenvalue weighted by molar-refractivity contribution is -0.136. The smallest absolute Gasteiger partial charge is 0.307 e. The van der Waals surface area contributed by atoms with Crippen LogP contribution in [0, 0.1) is 0 Å². The molecule has 4 heteroatoms. The first-order chi connectivity index (χ1) is 11.1. The lowest BCUT2D eigenvalue weighted by atomic mass is 10.0. The van der Waals surface area contributed by atoms with E-state index in [1.54, 1.807) is 24.3 Å². The quantitative estimate of drug-likeness (QED) is 0.694. The molecule has 0 heterocycles. The molecule has 0 saturated carbocycles. The zero-order valence-electron chi connectivity index (χ0n) is 13.0. The summed E-state index contributed by atoms with van der Waals surface area (Å²) in [6.07, 6.45) is 2.06. The van der Waals surface area contributed by atoms with Crippen molar-refractivity contribution in [3.8, 4) is 5.75 Å². The number of aliphatic hydroxyl groups excluding tert-OH is 1. The lowest BCUT2D eigenvalue weighted by Crippen LogP contribution is -2.02. The molecular weight excluding hydrogens is 292 g/mol. The van der Waals surface area contributed by atoms with Crippen LogP contribution in [0.25, 0.3) is 0 Å². The fourth-order valence-electron chi connectivity index (χ4n) is 2.35. The van der Waals surface area contributed by atoms with Crippen LogP contribution in [-0.4, -0.2) is 22.8 Å². The third kappa shape index (κ3) is 6.12. The number of aliphatic hydroxyl groups is 1. The van der Waals surface area contributed by atoms with E-state index >= 15 is 0 Å². The number of carboxylic acid groups (broad SMARTS) is 1. The van der Waals surface area contributed by atoms with E-state index in [1.807, 2.05) is 30.3 Å². The molecule has 0 radical (unpaired) electrons. The molecule has 0 spiro atoms. The topological polar surface area (TPSA) is 66.8 Å². The molecule has 0 unspecified atom stereocenters. The number of rotatable bonds is 9. The highest BCUT2D eigenvalue weighted by Gasteiger charge is 2.06. The lowest BCUT2D eigenvalue weighted by Gasteiger charge is -2.11. The summed E-state index contributed by atoms with van der Waals surface area (Å²) in [6.45, 7) is 0.583. The zero-order valence-corrected chi connectivity index (χ0v) is 13.0. The van der Waals surface area contributed by atoms with E-state index in [0.717, 1.165) is 29.7 Å². The third-order valence-corrected chi connectivity index (χ3v) is 3.60. The Morgan fingerprint density at radius 1 is 1.00 bits per heavy atom. The largest absolute Gasteiger partial charge is 0.494 e. The van der Waals surface area contributed by atoms with Crippen LogP contribution >= 0.6 is 0 Å². The number of hydrogen-bond donors (Lipinski definition) is 2. The second kappa shape index (κ2) is 8.96. The minimum Gasteiger partial charge on any atom is -0.494 e. The second-order valence-electron chi connectivity index (χ2n) is 5.49. The summed E-state index contributed by atoms with van der Waals surface area (Å²) in [5.41, 5.74) is 1.71. The van der Waals surface area contributed by atoms with Gasteiger partial charge in [-0.15, -0.1) is 0 Å². The number of unbranched alkanes of at least 4 members (excludes halogenated alkanes) is 1. The minimum atomic E-state index is -0.837. The summed E-state index contributed by atoms with van der Waals surface area (Å²) in [4.78, 5) is 10.6. The molecule has 0 amide bonds. The van der Waals surface area contributed by atoms with E-state index in [1.165, 1.54) is 0 Å². The minimum absolute atomic E-state index is 0.0255. The monoisotopic (exact) mass is 314 g/mol. The molecule has 2 rings (SSSR count). The molecule has 23 heavy (non-hydrogen) atoms. The summed E-state index contributed by atoms with van der Waals surface area (Å²) in [7, 11) is 0. The average Bonchev–Trinajstić information content (AvgIpc) is 2.56. The van der Waals surface area contributed by atoms with Crippen molar-refractivity contribution in [3.05, 3.63) is 65.7 Å². The maximum absolute atomic E-state index is 10.6. The van der Waals surface area contributed by atoms with Gasteiger partial charge in [0, 0.05) is 0 Å². The maximum Gasteiger partial charge on any atom is 0.307 e. The fourth-order valence-corrected chi connectivity index (χ4v) is 2.35. The summed E-state index contributed by atoms with van der Waals surface area (Å²) < 4.78 is 5.62. The molecule has 122 valence electrons. The van der Waals surface area contributed by atoms with Crippen molar-refractivity contribution in [2.75, 3.05) is 6.61 Å². The van der Waals surface area contributed by atoms with E-state index in [0.29, 0.717) is 13.0 Å². The Hall–Kier alpha value is -2.33. The Kier molecular flexibility index (Phi) is 6.63. The molecule has 1 atom stereocenters. The van der Waals surface area contributed by atoms with E-state index in [4.69, 9.17) is 9.84 Å². The molecule has 0 aliphatic rings. The van der Waals surface area contributed by atoms with Gasteiger partial charge in [-0.2, -0.15) is 0 Å². The van der Waals surface area contributed by atoms with Crippen molar-refractivity contribution in [1.29, 1.82) is 0 Å². The molecule has 0 bridgehead atoms. The van der Waals surface area contributed by atoms with Gasteiger partial charge in [-0.25, -0.2) is 0 Å². The van der Waals surface area contributed by atoms with Gasteiger partial charge in [-0.1, -0.05) is 42.5 Å². The average molecular weight is 314 g/mol. The molecule has 0 aliphatic carbocycles. The Morgan fingerprint density at radius 3 is 2.35 bits per heavy atom. The number of benzene rings is 2. The van der Waals surface area contributed by atoms with Crippen LogP contribution in [0.1, 0.15) is 36.5 Å². The second-order valence-corrected chi connectivity index (χ2v) is 5.49. The predicted molar refractivity (Wildman–Crippen MR) is 88.5 cm³/mol. The van der Waals surface area contributed by atoms with Gasteiger partial charge >= 0.3 is 5.97 Å². The third-order valence-electron chi connectivity index (χ3n) is 3.60. The van der Waals surface area contributed by atoms with Gasteiger partial charge in [0.05, 0.1) is 19.1 Å². The Balaban J connectivity index is 1.64. The first-order valence-corrected chi connectivity index (χ1v) is 7.81. The molecule has 0 saturated heterocycles. The van der Waals surface area contributed by atoms with Crippen molar-refractivity contribution < 1.29 is 19.7 Å². The molecule has 2 aromatic carbocycles. The molecule has 0 fully saturated rings. The van der Waals surface area contributed by atoms with Crippen molar-refractivity contribution in [1.82, 2.24) is 0 Å². The Morgan fingerprint density at radius 2 is 1.70 bits per heavy atom. The van der Waals surface area contributed by atoms with Crippen LogP contribution in [0.3, 0.4) is 0 Å². The van der Waals surface area contributed by atoms with E-state index in [2.05, 4.69) is 0 Å². The van der Waals surface area contributed by atoms with Gasteiger partial charge in [0.15, 0.2) is 0 Å². The number of aliphatic carboxylic acids is 1. The highest BCUT2D eigenvalue weighted by atomic mass is 16.5. The summed E-state index contributed by atoms with van der Waals surface area (Å²) >= 11 is 0. The van der Waals surface area contributed by atoms with Crippen molar-refractivity contribution in [2.24, 2.45) is 0 Å². The normalized spacial score (nSPS) is 11.9. The molecule has 0 aliphatic heterocycles. The Bertz CT molecular complexity index is 593. The molecular formula is C19H22O4. The number of carbonyl (C=O) groups is 1. The summed E-state index contributed by atoms with van der Waals surface area (Å²) in [5.74, 6) is -0.0987. The van der Waals surface area contributed by atoms with Gasteiger partial charge in [0.25, 0.3) is 0 Å². The van der Waals surface area contributed by atoms with Gasteiger partial charge in [-0.3, -0.25) is 4.79 Å². The van der Waals surface area contributed by atoms with Crippen LogP contribution in [0.4, 0.5) is 0 Å². The first kappa shape index (κ1) is 17.0. The SMILES string of the molecule is O=C(O)Cc1ccc(OCCCC[C@H](O)c2ccccc2)cc1.